The van der Waals surface area contributed by atoms with Gasteiger partial charge in [-0.2, -0.15) is 0 Å². The summed E-state index contributed by atoms with van der Waals surface area (Å²) in [6.45, 7) is 13.0. The van der Waals surface area contributed by atoms with Crippen molar-refractivity contribution in [3.05, 3.63) is 23.8 Å². The van der Waals surface area contributed by atoms with Gasteiger partial charge < -0.3 is 18.6 Å². The van der Waals surface area contributed by atoms with Gasteiger partial charge in [-0.1, -0.05) is 70.1 Å². The standard InChI is InChI=1S/C18H28O3S.C9H20OS/c1-3-4-5-6-7-8-11-22(19)15(2)12-16-9-10-17-18(13-16)21-14-20-17;1-5-7-9(4)11(10)8(3)6-2/h9-10,13,15H,3-8,11-12,14H2,1-2H3;8-9H,5-7H2,1-4H3. The van der Waals surface area contributed by atoms with Crippen molar-refractivity contribution in [2.45, 2.75) is 122 Å². The summed E-state index contributed by atoms with van der Waals surface area (Å²) in [6, 6.07) is 6.01. The summed E-state index contributed by atoms with van der Waals surface area (Å²) >= 11 is -1.35. The van der Waals surface area contributed by atoms with Gasteiger partial charge in [0.15, 0.2) is 11.5 Å². The fourth-order valence-corrected chi connectivity index (χ4v) is 6.66. The molecule has 1 aliphatic heterocycles. The van der Waals surface area contributed by atoms with Crippen molar-refractivity contribution in [3.8, 4) is 11.5 Å². The third-order valence-corrected chi connectivity index (χ3v) is 10.1. The van der Waals surface area contributed by atoms with Gasteiger partial charge in [0, 0.05) is 6.42 Å². The number of benzene rings is 1. The van der Waals surface area contributed by atoms with Crippen molar-refractivity contribution in [1.29, 1.82) is 0 Å². The van der Waals surface area contributed by atoms with E-state index in [4.69, 9.17) is 9.47 Å². The topological polar surface area (TPSA) is 64.6 Å². The van der Waals surface area contributed by atoms with Crippen LogP contribution in [0.25, 0.3) is 0 Å². The Morgan fingerprint density at radius 3 is 2.15 bits per heavy atom. The molecule has 1 aliphatic rings. The molecule has 0 spiro atoms. The zero-order valence-electron chi connectivity index (χ0n) is 21.9. The second-order valence-corrected chi connectivity index (χ2v) is 13.4. The summed E-state index contributed by atoms with van der Waals surface area (Å²) in [4.78, 5) is 0. The third-order valence-electron chi connectivity index (χ3n) is 6.17. The molecule has 4 nitrogen and oxygen atoms in total. The van der Waals surface area contributed by atoms with E-state index in [0.717, 1.165) is 49.4 Å². The number of fused-ring (bicyclic) bond motifs is 1. The molecule has 0 saturated heterocycles. The van der Waals surface area contributed by atoms with Crippen LogP contribution in [0.3, 0.4) is 0 Å². The van der Waals surface area contributed by atoms with Gasteiger partial charge in [0.1, 0.15) is 21.5 Å². The molecule has 0 N–H and O–H groups in total. The molecule has 0 saturated carbocycles. The molecule has 1 heterocycles. The Morgan fingerprint density at radius 2 is 1.48 bits per heavy atom. The number of rotatable bonds is 15. The maximum atomic E-state index is 12.3. The second-order valence-electron chi connectivity index (χ2n) is 9.20. The summed E-state index contributed by atoms with van der Waals surface area (Å²) in [5.41, 5.74) is 1.17. The van der Waals surface area contributed by atoms with Crippen LogP contribution in [0.5, 0.6) is 11.5 Å². The SMILES string of the molecule is CCCC(C)[S+]([O-])C(C)CC.CCCCCCCC[S+]([O-])C(C)Cc1ccc2c(c1)OCO2. The molecule has 0 radical (unpaired) electrons. The second kappa shape index (κ2) is 17.8. The largest absolute Gasteiger partial charge is 0.616 e. The number of ether oxygens (including phenoxy) is 2. The maximum Gasteiger partial charge on any atom is 0.231 e. The molecule has 33 heavy (non-hydrogen) atoms. The normalized spacial score (nSPS) is 17.0. The highest BCUT2D eigenvalue weighted by atomic mass is 32.2. The van der Waals surface area contributed by atoms with Crippen molar-refractivity contribution < 1.29 is 18.6 Å². The van der Waals surface area contributed by atoms with Gasteiger partial charge >= 0.3 is 0 Å². The van der Waals surface area contributed by atoms with Crippen molar-refractivity contribution in [3.63, 3.8) is 0 Å². The van der Waals surface area contributed by atoms with Crippen LogP contribution >= 0.6 is 0 Å². The van der Waals surface area contributed by atoms with Gasteiger partial charge in [0.2, 0.25) is 6.79 Å². The van der Waals surface area contributed by atoms with E-state index in [9.17, 15) is 9.11 Å². The molecule has 0 aliphatic carbocycles. The fraction of sp³-hybridized carbons (Fsp3) is 0.778. The van der Waals surface area contributed by atoms with E-state index in [-0.39, 0.29) is 5.25 Å². The smallest absolute Gasteiger partial charge is 0.231 e. The van der Waals surface area contributed by atoms with Crippen LogP contribution in [0, 0.1) is 0 Å². The van der Waals surface area contributed by atoms with Crippen LogP contribution in [-0.4, -0.2) is 37.4 Å². The number of hydrogen-bond acceptors (Lipinski definition) is 4. The minimum absolute atomic E-state index is 0.191. The Balaban J connectivity index is 0.000000420. The van der Waals surface area contributed by atoms with Gasteiger partial charge in [-0.05, 0) is 75.3 Å². The van der Waals surface area contributed by atoms with Crippen LogP contribution < -0.4 is 9.47 Å². The Morgan fingerprint density at radius 1 is 0.818 bits per heavy atom. The Hall–Kier alpha value is -0.560. The van der Waals surface area contributed by atoms with Gasteiger partial charge in [0.25, 0.3) is 0 Å². The van der Waals surface area contributed by atoms with Gasteiger partial charge in [0.05, 0.1) is 0 Å². The third kappa shape index (κ3) is 12.1. The molecule has 192 valence electrons. The quantitative estimate of drug-likeness (QED) is 0.189. The zero-order valence-corrected chi connectivity index (χ0v) is 23.5. The fourth-order valence-electron chi connectivity index (χ4n) is 3.80. The highest BCUT2D eigenvalue weighted by molar-refractivity contribution is 7.92. The first-order valence-corrected chi connectivity index (χ1v) is 15.6. The lowest BCUT2D eigenvalue weighted by Crippen LogP contribution is -2.27. The van der Waals surface area contributed by atoms with E-state index in [2.05, 4.69) is 41.5 Å². The average molecular weight is 501 g/mol. The molecular formula is C27H48O4S2. The van der Waals surface area contributed by atoms with Crippen LogP contribution in [0.4, 0.5) is 0 Å². The molecule has 5 atom stereocenters. The Bertz CT molecular complexity index is 628. The van der Waals surface area contributed by atoms with Crippen LogP contribution in [0.2, 0.25) is 0 Å². The van der Waals surface area contributed by atoms with Crippen LogP contribution in [0.15, 0.2) is 18.2 Å². The lowest BCUT2D eigenvalue weighted by molar-refractivity contribution is 0.174. The molecule has 6 heteroatoms. The van der Waals surface area contributed by atoms with E-state index in [1.165, 1.54) is 37.7 Å². The average Bonchev–Trinajstić information content (AvgIpc) is 3.28. The zero-order chi connectivity index (χ0) is 24.6. The molecule has 0 amide bonds. The van der Waals surface area contributed by atoms with Gasteiger partial charge in [-0.15, -0.1) is 0 Å². The maximum absolute atomic E-state index is 12.3. The van der Waals surface area contributed by atoms with E-state index in [0.29, 0.717) is 17.3 Å². The molecule has 0 bridgehead atoms. The Kier molecular flexibility index (Phi) is 16.4. The van der Waals surface area contributed by atoms with Crippen molar-refractivity contribution in [2.75, 3.05) is 12.5 Å². The summed E-state index contributed by atoms with van der Waals surface area (Å²) in [5.74, 6) is 2.45. The minimum Gasteiger partial charge on any atom is -0.616 e. The van der Waals surface area contributed by atoms with Crippen molar-refractivity contribution in [2.24, 2.45) is 0 Å². The highest BCUT2D eigenvalue weighted by Crippen LogP contribution is 2.33. The first-order chi connectivity index (χ1) is 15.8. The van der Waals surface area contributed by atoms with E-state index in [1.54, 1.807) is 0 Å². The molecule has 5 unspecified atom stereocenters. The summed E-state index contributed by atoms with van der Waals surface area (Å²) < 4.78 is 34.6. The number of unbranched alkanes of at least 4 members (excludes halogenated alkanes) is 5. The molecule has 0 aromatic heterocycles. The summed E-state index contributed by atoms with van der Waals surface area (Å²) in [7, 11) is 0. The summed E-state index contributed by atoms with van der Waals surface area (Å²) in [5, 5.41) is 0.947. The minimum atomic E-state index is -0.743. The van der Waals surface area contributed by atoms with Gasteiger partial charge in [-0.25, -0.2) is 0 Å². The number of hydrogen-bond donors (Lipinski definition) is 0. The molecule has 1 aromatic rings. The summed E-state index contributed by atoms with van der Waals surface area (Å²) in [6.07, 6.45) is 11.6. The predicted molar refractivity (Wildman–Crippen MR) is 144 cm³/mol. The van der Waals surface area contributed by atoms with Gasteiger partial charge in [-0.3, -0.25) is 0 Å². The highest BCUT2D eigenvalue weighted by Gasteiger charge is 2.21. The first kappa shape index (κ1) is 30.5. The van der Waals surface area contributed by atoms with E-state index < -0.39 is 22.4 Å². The van der Waals surface area contributed by atoms with E-state index in [1.807, 2.05) is 18.2 Å². The Labute approximate surface area is 210 Å². The van der Waals surface area contributed by atoms with Crippen LogP contribution in [-0.2, 0) is 28.8 Å². The predicted octanol–water partition coefficient (Wildman–Crippen LogP) is 7.18. The first-order valence-electron chi connectivity index (χ1n) is 13.0. The van der Waals surface area contributed by atoms with Crippen molar-refractivity contribution in [1.82, 2.24) is 0 Å². The lowest BCUT2D eigenvalue weighted by Gasteiger charge is -2.22. The molecular weight excluding hydrogens is 452 g/mol. The molecule has 0 fully saturated rings. The van der Waals surface area contributed by atoms with Crippen LogP contribution in [0.1, 0.15) is 105 Å². The monoisotopic (exact) mass is 500 g/mol. The van der Waals surface area contributed by atoms with Crippen molar-refractivity contribution >= 4 is 22.4 Å². The molecule has 2 rings (SSSR count). The lowest BCUT2D eigenvalue weighted by atomic mass is 10.1. The molecule has 1 aromatic carbocycles. The van der Waals surface area contributed by atoms with E-state index >= 15 is 0 Å².